The standard InChI is InChI=1S/C11H14ClNO3/c12-6-2-4-7-3-1-5-8(9(7)13)10(14)11(15)16/h1,3,5,10,14H,2,4,6,13H2,(H,15,16). The van der Waals surface area contributed by atoms with Gasteiger partial charge < -0.3 is 15.9 Å². The summed E-state index contributed by atoms with van der Waals surface area (Å²) >= 11 is 5.57. The molecule has 0 aliphatic carbocycles. The van der Waals surface area contributed by atoms with E-state index in [0.29, 0.717) is 18.0 Å². The van der Waals surface area contributed by atoms with Crippen LogP contribution in [0.25, 0.3) is 0 Å². The number of benzene rings is 1. The van der Waals surface area contributed by atoms with Crippen LogP contribution in [0.4, 0.5) is 5.69 Å². The van der Waals surface area contributed by atoms with E-state index in [-0.39, 0.29) is 5.56 Å². The molecule has 0 aromatic heterocycles. The number of para-hydroxylation sites is 1. The molecule has 0 saturated heterocycles. The van der Waals surface area contributed by atoms with Gasteiger partial charge in [0.25, 0.3) is 0 Å². The molecule has 0 aliphatic heterocycles. The Labute approximate surface area is 98.6 Å². The fraction of sp³-hybridized carbons (Fsp3) is 0.364. The number of aliphatic hydroxyl groups is 1. The first-order valence-electron chi connectivity index (χ1n) is 4.92. The molecule has 0 radical (unpaired) electrons. The monoisotopic (exact) mass is 243 g/mol. The summed E-state index contributed by atoms with van der Waals surface area (Å²) < 4.78 is 0. The quantitative estimate of drug-likeness (QED) is 0.541. The molecule has 0 amide bonds. The van der Waals surface area contributed by atoms with E-state index in [0.717, 1.165) is 12.0 Å². The highest BCUT2D eigenvalue weighted by molar-refractivity contribution is 6.17. The maximum Gasteiger partial charge on any atom is 0.337 e. The van der Waals surface area contributed by atoms with E-state index < -0.39 is 12.1 Å². The minimum absolute atomic E-state index is 0.236. The van der Waals surface area contributed by atoms with Crippen LogP contribution in [-0.4, -0.2) is 22.1 Å². The topological polar surface area (TPSA) is 83.5 Å². The van der Waals surface area contributed by atoms with Crippen LogP contribution < -0.4 is 5.73 Å². The van der Waals surface area contributed by atoms with Crippen molar-refractivity contribution in [3.63, 3.8) is 0 Å². The molecule has 4 N–H and O–H groups in total. The Morgan fingerprint density at radius 2 is 2.19 bits per heavy atom. The zero-order valence-electron chi connectivity index (χ0n) is 8.69. The third-order valence-corrected chi connectivity index (χ3v) is 2.61. The summed E-state index contributed by atoms with van der Waals surface area (Å²) in [6.07, 6.45) is -0.135. The molecular formula is C11H14ClNO3. The smallest absolute Gasteiger partial charge is 0.337 e. The zero-order chi connectivity index (χ0) is 12.1. The van der Waals surface area contributed by atoms with Gasteiger partial charge in [-0.25, -0.2) is 4.79 Å². The highest BCUT2D eigenvalue weighted by Crippen LogP contribution is 2.25. The Balaban J connectivity index is 2.98. The highest BCUT2D eigenvalue weighted by Gasteiger charge is 2.19. The van der Waals surface area contributed by atoms with E-state index in [2.05, 4.69) is 0 Å². The van der Waals surface area contributed by atoms with Crippen molar-refractivity contribution >= 4 is 23.3 Å². The fourth-order valence-corrected chi connectivity index (χ4v) is 1.61. The minimum atomic E-state index is -1.57. The second-order valence-corrected chi connectivity index (χ2v) is 3.83. The summed E-state index contributed by atoms with van der Waals surface area (Å²) in [5.41, 5.74) is 7.19. The number of carboxylic acid groups (broad SMARTS) is 1. The SMILES string of the molecule is Nc1c(CCCCl)cccc1C(O)C(=O)O. The number of carbonyl (C=O) groups is 1. The predicted molar refractivity (Wildman–Crippen MR) is 62.5 cm³/mol. The van der Waals surface area contributed by atoms with Gasteiger partial charge in [-0.1, -0.05) is 18.2 Å². The molecular weight excluding hydrogens is 230 g/mol. The lowest BCUT2D eigenvalue weighted by Crippen LogP contribution is -2.13. The van der Waals surface area contributed by atoms with Crippen molar-refractivity contribution in [1.29, 1.82) is 0 Å². The second-order valence-electron chi connectivity index (χ2n) is 3.45. The Morgan fingerprint density at radius 1 is 1.50 bits per heavy atom. The summed E-state index contributed by atoms with van der Waals surface area (Å²) in [5.74, 6) is -0.785. The first-order chi connectivity index (χ1) is 7.57. The van der Waals surface area contributed by atoms with Crippen LogP contribution in [0.5, 0.6) is 0 Å². The molecule has 1 aromatic rings. The van der Waals surface area contributed by atoms with Crippen molar-refractivity contribution in [2.75, 3.05) is 11.6 Å². The highest BCUT2D eigenvalue weighted by atomic mass is 35.5. The van der Waals surface area contributed by atoms with E-state index in [9.17, 15) is 9.90 Å². The van der Waals surface area contributed by atoms with Gasteiger partial charge in [0, 0.05) is 17.1 Å². The molecule has 0 bridgehead atoms. The van der Waals surface area contributed by atoms with E-state index in [4.69, 9.17) is 22.4 Å². The van der Waals surface area contributed by atoms with Crippen LogP contribution in [0.2, 0.25) is 0 Å². The lowest BCUT2D eigenvalue weighted by molar-refractivity contribution is -0.146. The summed E-state index contributed by atoms with van der Waals surface area (Å²) in [6, 6.07) is 5.00. The minimum Gasteiger partial charge on any atom is -0.479 e. The van der Waals surface area contributed by atoms with Crippen molar-refractivity contribution in [1.82, 2.24) is 0 Å². The number of nitrogen functional groups attached to an aromatic ring is 1. The number of aliphatic hydroxyl groups excluding tert-OH is 1. The van der Waals surface area contributed by atoms with Crippen molar-refractivity contribution in [2.24, 2.45) is 0 Å². The molecule has 5 heteroatoms. The number of alkyl halides is 1. The van der Waals surface area contributed by atoms with Crippen LogP contribution >= 0.6 is 11.6 Å². The zero-order valence-corrected chi connectivity index (χ0v) is 9.44. The van der Waals surface area contributed by atoms with Crippen molar-refractivity contribution in [2.45, 2.75) is 18.9 Å². The van der Waals surface area contributed by atoms with Gasteiger partial charge in [0.2, 0.25) is 0 Å². The molecule has 88 valence electrons. The first-order valence-corrected chi connectivity index (χ1v) is 5.45. The van der Waals surface area contributed by atoms with Gasteiger partial charge in [-0.05, 0) is 18.4 Å². The third-order valence-electron chi connectivity index (χ3n) is 2.34. The van der Waals surface area contributed by atoms with E-state index >= 15 is 0 Å². The lowest BCUT2D eigenvalue weighted by Gasteiger charge is -2.12. The van der Waals surface area contributed by atoms with Gasteiger partial charge >= 0.3 is 5.97 Å². The Morgan fingerprint density at radius 3 is 2.75 bits per heavy atom. The van der Waals surface area contributed by atoms with Gasteiger partial charge in [0.1, 0.15) is 0 Å². The molecule has 1 unspecified atom stereocenters. The maximum absolute atomic E-state index is 10.7. The average Bonchev–Trinajstić information content (AvgIpc) is 2.26. The van der Waals surface area contributed by atoms with Gasteiger partial charge in [0.15, 0.2) is 6.10 Å². The fourth-order valence-electron chi connectivity index (χ4n) is 1.48. The molecule has 0 heterocycles. The van der Waals surface area contributed by atoms with Crippen LogP contribution in [-0.2, 0) is 11.2 Å². The van der Waals surface area contributed by atoms with Gasteiger partial charge in [-0.2, -0.15) is 0 Å². The summed E-state index contributed by atoms with van der Waals surface area (Å²) in [5, 5.41) is 18.1. The Bertz CT molecular complexity index is 381. The van der Waals surface area contributed by atoms with Gasteiger partial charge in [0.05, 0.1) is 0 Å². The predicted octanol–water partition coefficient (Wildman–Crippen LogP) is 1.56. The molecule has 16 heavy (non-hydrogen) atoms. The third kappa shape index (κ3) is 2.87. The molecule has 1 aromatic carbocycles. The van der Waals surface area contributed by atoms with Gasteiger partial charge in [-0.15, -0.1) is 11.6 Å². The number of hydrogen-bond donors (Lipinski definition) is 3. The average molecular weight is 244 g/mol. The number of rotatable bonds is 5. The van der Waals surface area contributed by atoms with Crippen LogP contribution in [0.1, 0.15) is 23.7 Å². The first kappa shape index (κ1) is 12.8. The van der Waals surface area contributed by atoms with E-state index in [1.54, 1.807) is 12.1 Å². The van der Waals surface area contributed by atoms with Crippen LogP contribution in [0, 0.1) is 0 Å². The molecule has 0 spiro atoms. The van der Waals surface area contributed by atoms with E-state index in [1.807, 2.05) is 0 Å². The largest absolute Gasteiger partial charge is 0.479 e. The summed E-state index contributed by atoms with van der Waals surface area (Å²) in [6.45, 7) is 0. The Hall–Kier alpha value is -1.26. The van der Waals surface area contributed by atoms with E-state index in [1.165, 1.54) is 6.07 Å². The number of halogens is 1. The van der Waals surface area contributed by atoms with Crippen molar-refractivity contribution in [3.8, 4) is 0 Å². The molecule has 0 fully saturated rings. The molecule has 4 nitrogen and oxygen atoms in total. The number of nitrogens with two attached hydrogens (primary N) is 1. The molecule has 1 atom stereocenters. The number of aryl methyl sites for hydroxylation is 1. The maximum atomic E-state index is 10.7. The second kappa shape index (κ2) is 5.72. The van der Waals surface area contributed by atoms with Gasteiger partial charge in [-0.3, -0.25) is 0 Å². The van der Waals surface area contributed by atoms with Crippen LogP contribution in [0.3, 0.4) is 0 Å². The Kier molecular flexibility index (Phi) is 4.58. The lowest BCUT2D eigenvalue weighted by atomic mass is 10.00. The molecule has 0 saturated carbocycles. The number of aliphatic carboxylic acids is 1. The normalized spacial score (nSPS) is 12.4. The van der Waals surface area contributed by atoms with Crippen LogP contribution in [0.15, 0.2) is 18.2 Å². The number of hydrogen-bond acceptors (Lipinski definition) is 3. The summed E-state index contributed by atoms with van der Waals surface area (Å²) in [7, 11) is 0. The number of anilines is 1. The van der Waals surface area contributed by atoms with Crippen molar-refractivity contribution < 1.29 is 15.0 Å². The number of carboxylic acids is 1. The summed E-state index contributed by atoms with van der Waals surface area (Å²) in [4.78, 5) is 10.7. The molecule has 1 rings (SSSR count). The molecule has 0 aliphatic rings. The van der Waals surface area contributed by atoms with Crippen molar-refractivity contribution in [3.05, 3.63) is 29.3 Å².